The first-order valence-electron chi connectivity index (χ1n) is 9.23. The van der Waals surface area contributed by atoms with E-state index in [-0.39, 0.29) is 23.3 Å². The van der Waals surface area contributed by atoms with E-state index in [1.165, 1.54) is 34.4 Å². The zero-order chi connectivity index (χ0) is 21.6. The Labute approximate surface area is 190 Å². The molecule has 0 aliphatic heterocycles. The normalized spacial score (nSPS) is 10.7. The van der Waals surface area contributed by atoms with Crippen LogP contribution < -0.4 is 15.4 Å². The molecule has 0 bridgehead atoms. The van der Waals surface area contributed by atoms with Gasteiger partial charge in [-0.25, -0.2) is 9.97 Å². The number of amides is 2. The average Bonchev–Trinajstić information content (AvgIpc) is 3.40. The van der Waals surface area contributed by atoms with Crippen molar-refractivity contribution in [2.24, 2.45) is 0 Å². The number of nitrogens with zero attached hydrogens (tertiary/aromatic N) is 2. The molecule has 0 saturated carbocycles. The summed E-state index contributed by atoms with van der Waals surface area (Å²) < 4.78 is 6.17. The van der Waals surface area contributed by atoms with Crippen LogP contribution in [-0.2, 0) is 9.59 Å². The maximum Gasteiger partial charge on any atom is 0.236 e. The number of anilines is 2. The lowest BCUT2D eigenvalue weighted by molar-refractivity contribution is -0.114. The minimum absolute atomic E-state index is 0.157. The molecule has 7 nitrogen and oxygen atoms in total. The van der Waals surface area contributed by atoms with Gasteiger partial charge in [-0.2, -0.15) is 0 Å². The van der Waals surface area contributed by atoms with Crippen molar-refractivity contribution >= 4 is 66.7 Å². The molecule has 4 aromatic rings. The van der Waals surface area contributed by atoms with Crippen molar-refractivity contribution in [3.05, 3.63) is 53.9 Å². The second kappa shape index (κ2) is 9.90. The molecule has 2 aromatic carbocycles. The predicted octanol–water partition coefficient (Wildman–Crippen LogP) is 4.74. The summed E-state index contributed by atoms with van der Waals surface area (Å²) >= 11 is 4.02. The summed E-state index contributed by atoms with van der Waals surface area (Å²) in [7, 11) is 1.62. The standard InChI is InChI=1S/C21H18N4O3S3/c1-28-14-8-6-13(7-9-14)16-10-30-20(23-16)24-18(26)11-29-12-19(27)25-21-22-15-4-2-3-5-17(15)31-21/h2-10H,11-12H2,1H3,(H,22,25,27)(H,23,24,26). The minimum Gasteiger partial charge on any atom is -0.497 e. The molecule has 158 valence electrons. The molecule has 0 spiro atoms. The predicted molar refractivity (Wildman–Crippen MR) is 128 cm³/mol. The van der Waals surface area contributed by atoms with Crippen LogP contribution >= 0.6 is 34.4 Å². The van der Waals surface area contributed by atoms with Gasteiger partial charge in [0, 0.05) is 10.9 Å². The van der Waals surface area contributed by atoms with E-state index in [2.05, 4.69) is 20.6 Å². The molecule has 10 heteroatoms. The van der Waals surface area contributed by atoms with E-state index in [0.29, 0.717) is 10.3 Å². The fraction of sp³-hybridized carbons (Fsp3) is 0.143. The van der Waals surface area contributed by atoms with Crippen molar-refractivity contribution in [3.8, 4) is 17.0 Å². The molecule has 0 unspecified atom stereocenters. The van der Waals surface area contributed by atoms with E-state index in [1.54, 1.807) is 7.11 Å². The molecule has 0 aliphatic carbocycles. The van der Waals surface area contributed by atoms with Crippen LogP contribution in [0, 0.1) is 0 Å². The SMILES string of the molecule is COc1ccc(-c2csc(NC(=O)CSCC(=O)Nc3nc4ccccc4s3)n2)cc1. The van der Waals surface area contributed by atoms with Crippen LogP contribution in [0.15, 0.2) is 53.9 Å². The molecule has 2 N–H and O–H groups in total. The zero-order valence-electron chi connectivity index (χ0n) is 16.5. The van der Waals surface area contributed by atoms with Crippen LogP contribution in [0.3, 0.4) is 0 Å². The van der Waals surface area contributed by atoms with Crippen molar-refractivity contribution in [3.63, 3.8) is 0 Å². The number of aromatic nitrogens is 2. The monoisotopic (exact) mass is 470 g/mol. The van der Waals surface area contributed by atoms with E-state index in [0.717, 1.165) is 27.2 Å². The van der Waals surface area contributed by atoms with Gasteiger partial charge in [-0.3, -0.25) is 9.59 Å². The van der Waals surface area contributed by atoms with E-state index < -0.39 is 0 Å². The summed E-state index contributed by atoms with van der Waals surface area (Å²) in [4.78, 5) is 33.1. The number of thiazole rings is 2. The Balaban J connectivity index is 1.23. The van der Waals surface area contributed by atoms with Crippen LogP contribution in [0.2, 0.25) is 0 Å². The van der Waals surface area contributed by atoms with Gasteiger partial charge < -0.3 is 15.4 Å². The highest BCUT2D eigenvalue weighted by atomic mass is 32.2. The Morgan fingerprint density at radius 3 is 2.39 bits per heavy atom. The number of carbonyl (C=O) groups is 2. The number of carbonyl (C=O) groups excluding carboxylic acids is 2. The van der Waals surface area contributed by atoms with Gasteiger partial charge in [-0.15, -0.1) is 23.1 Å². The topological polar surface area (TPSA) is 93.2 Å². The van der Waals surface area contributed by atoms with Crippen molar-refractivity contribution in [1.82, 2.24) is 9.97 Å². The molecule has 0 aliphatic rings. The van der Waals surface area contributed by atoms with Gasteiger partial charge >= 0.3 is 0 Å². The summed E-state index contributed by atoms with van der Waals surface area (Å²) in [5.41, 5.74) is 2.58. The van der Waals surface area contributed by atoms with Crippen molar-refractivity contribution < 1.29 is 14.3 Å². The fourth-order valence-corrected chi connectivity index (χ4v) is 4.93. The lowest BCUT2D eigenvalue weighted by Crippen LogP contribution is -2.18. The number of ether oxygens (including phenoxy) is 1. The highest BCUT2D eigenvalue weighted by Gasteiger charge is 2.11. The largest absolute Gasteiger partial charge is 0.497 e. The van der Waals surface area contributed by atoms with E-state index >= 15 is 0 Å². The van der Waals surface area contributed by atoms with Gasteiger partial charge in [-0.05, 0) is 36.4 Å². The fourth-order valence-electron chi connectivity index (χ4n) is 2.70. The summed E-state index contributed by atoms with van der Waals surface area (Å²) in [6, 6.07) is 15.3. The highest BCUT2D eigenvalue weighted by molar-refractivity contribution is 8.00. The Morgan fingerprint density at radius 2 is 1.68 bits per heavy atom. The Kier molecular flexibility index (Phi) is 6.80. The number of rotatable bonds is 8. The Bertz CT molecular complexity index is 1170. The van der Waals surface area contributed by atoms with Crippen molar-refractivity contribution in [1.29, 1.82) is 0 Å². The number of nitrogens with one attached hydrogen (secondary N) is 2. The quantitative estimate of drug-likeness (QED) is 0.386. The molecule has 31 heavy (non-hydrogen) atoms. The second-order valence-electron chi connectivity index (χ2n) is 6.34. The number of para-hydroxylation sites is 1. The number of benzene rings is 2. The van der Waals surface area contributed by atoms with Crippen LogP contribution in [-0.4, -0.2) is 40.4 Å². The molecule has 2 heterocycles. The summed E-state index contributed by atoms with van der Waals surface area (Å²) in [5.74, 6) is 0.709. The molecule has 0 fully saturated rings. The first-order chi connectivity index (χ1) is 15.1. The van der Waals surface area contributed by atoms with Gasteiger partial charge in [0.1, 0.15) is 5.75 Å². The molecule has 0 atom stereocenters. The molecule has 2 amide bonds. The van der Waals surface area contributed by atoms with Crippen LogP contribution in [0.1, 0.15) is 0 Å². The number of thioether (sulfide) groups is 1. The molecule has 4 rings (SSSR count). The first kappa shape index (κ1) is 21.3. The maximum atomic E-state index is 12.2. The molecular formula is C21H18N4O3S3. The van der Waals surface area contributed by atoms with Gasteiger partial charge in [-0.1, -0.05) is 23.5 Å². The maximum absolute atomic E-state index is 12.2. The zero-order valence-corrected chi connectivity index (χ0v) is 18.9. The van der Waals surface area contributed by atoms with Gasteiger partial charge in [0.15, 0.2) is 10.3 Å². The van der Waals surface area contributed by atoms with E-state index in [9.17, 15) is 9.59 Å². The third-order valence-electron chi connectivity index (χ3n) is 4.14. The Hall–Kier alpha value is -2.95. The summed E-state index contributed by atoms with van der Waals surface area (Å²) in [6.07, 6.45) is 0. The number of methoxy groups -OCH3 is 1. The van der Waals surface area contributed by atoms with Gasteiger partial charge in [0.25, 0.3) is 0 Å². The Morgan fingerprint density at radius 1 is 0.968 bits per heavy atom. The van der Waals surface area contributed by atoms with Crippen molar-refractivity contribution in [2.45, 2.75) is 0 Å². The highest BCUT2D eigenvalue weighted by Crippen LogP contribution is 2.27. The van der Waals surface area contributed by atoms with Crippen LogP contribution in [0.4, 0.5) is 10.3 Å². The van der Waals surface area contributed by atoms with E-state index in [4.69, 9.17) is 4.74 Å². The number of hydrogen-bond donors (Lipinski definition) is 2. The lowest BCUT2D eigenvalue weighted by Gasteiger charge is -2.03. The van der Waals surface area contributed by atoms with Gasteiger partial charge in [0.05, 0.1) is 34.5 Å². The van der Waals surface area contributed by atoms with Gasteiger partial charge in [0.2, 0.25) is 11.8 Å². The van der Waals surface area contributed by atoms with Crippen molar-refractivity contribution in [2.75, 3.05) is 29.2 Å². The molecular weight excluding hydrogens is 452 g/mol. The second-order valence-corrected chi connectivity index (χ2v) is 9.22. The molecule has 0 radical (unpaired) electrons. The number of fused-ring (bicyclic) bond motifs is 1. The molecule has 2 aromatic heterocycles. The van der Waals surface area contributed by atoms with E-state index in [1.807, 2.05) is 53.9 Å². The van der Waals surface area contributed by atoms with Crippen LogP contribution in [0.5, 0.6) is 5.75 Å². The number of hydrogen-bond acceptors (Lipinski definition) is 8. The molecule has 0 saturated heterocycles. The summed E-state index contributed by atoms with van der Waals surface area (Å²) in [5, 5.41) is 8.53. The minimum atomic E-state index is -0.201. The average molecular weight is 471 g/mol. The lowest BCUT2D eigenvalue weighted by atomic mass is 10.2. The summed E-state index contributed by atoms with van der Waals surface area (Å²) in [6.45, 7) is 0. The van der Waals surface area contributed by atoms with Crippen LogP contribution in [0.25, 0.3) is 21.5 Å². The third-order valence-corrected chi connectivity index (χ3v) is 6.79. The first-order valence-corrected chi connectivity index (χ1v) is 12.1. The smallest absolute Gasteiger partial charge is 0.236 e. The third kappa shape index (κ3) is 5.60.